The summed E-state index contributed by atoms with van der Waals surface area (Å²) in [5, 5.41) is 0. The third-order valence-corrected chi connectivity index (χ3v) is 3.39. The molecule has 0 spiro atoms. The second-order valence-electron chi connectivity index (χ2n) is 7.08. The third-order valence-electron chi connectivity index (χ3n) is 2.52. The van der Waals surface area contributed by atoms with Gasteiger partial charge in [0.15, 0.2) is 0 Å². The lowest BCUT2D eigenvalue weighted by Crippen LogP contribution is -2.16. The summed E-state index contributed by atoms with van der Waals surface area (Å²) < 4.78 is 0. The van der Waals surface area contributed by atoms with E-state index < -0.39 is 8.07 Å². The summed E-state index contributed by atoms with van der Waals surface area (Å²) in [6, 6.07) is 3.61. The van der Waals surface area contributed by atoms with Gasteiger partial charge in [0, 0.05) is 16.5 Å². The van der Waals surface area contributed by atoms with E-state index in [4.69, 9.17) is 13.1 Å². The molecule has 0 unspecified atom stereocenters. The van der Waals surface area contributed by atoms with Crippen molar-refractivity contribution in [1.29, 1.82) is 0 Å². The van der Waals surface area contributed by atoms with Gasteiger partial charge in [0.05, 0.1) is 13.1 Å². The zero-order chi connectivity index (χ0) is 17.0. The van der Waals surface area contributed by atoms with Gasteiger partial charge < -0.3 is 0 Å². The maximum absolute atomic E-state index is 7.39. The first-order valence-corrected chi connectivity index (χ1v) is 10.6. The Labute approximate surface area is 135 Å². The van der Waals surface area contributed by atoms with Crippen molar-refractivity contribution in [2.24, 2.45) is 5.41 Å². The van der Waals surface area contributed by atoms with Crippen molar-refractivity contribution in [2.75, 3.05) is 0 Å². The summed E-state index contributed by atoms with van der Waals surface area (Å²) in [6.07, 6.45) is 0. The van der Waals surface area contributed by atoms with E-state index >= 15 is 0 Å². The van der Waals surface area contributed by atoms with Gasteiger partial charge in [-0.3, -0.25) is 0 Å². The van der Waals surface area contributed by atoms with Gasteiger partial charge >= 0.3 is 0 Å². The standard InChI is InChI=1S/C19H20N2Si/c1-19(2,3)13-11-15-9-10-16(12-14-22(6,7)8)18(21-5)17(15)20-4/h9-10H,1-3,6-8H3. The average Bonchev–Trinajstić information content (AvgIpc) is 2.40. The minimum atomic E-state index is -1.53. The van der Waals surface area contributed by atoms with Crippen molar-refractivity contribution in [3.8, 4) is 23.3 Å². The van der Waals surface area contributed by atoms with E-state index in [1.807, 2.05) is 26.8 Å². The van der Waals surface area contributed by atoms with E-state index in [0.29, 0.717) is 22.5 Å². The van der Waals surface area contributed by atoms with E-state index in [-0.39, 0.29) is 5.41 Å². The van der Waals surface area contributed by atoms with Crippen LogP contribution in [-0.4, -0.2) is 8.07 Å². The molecule has 0 saturated heterocycles. The number of benzene rings is 1. The lowest BCUT2D eigenvalue weighted by Gasteiger charge is -2.08. The van der Waals surface area contributed by atoms with E-state index in [1.165, 1.54) is 0 Å². The van der Waals surface area contributed by atoms with Crippen LogP contribution >= 0.6 is 0 Å². The molecule has 0 saturated carbocycles. The van der Waals surface area contributed by atoms with Gasteiger partial charge in [-0.15, -0.1) is 5.54 Å². The van der Waals surface area contributed by atoms with Crippen LogP contribution < -0.4 is 0 Å². The molecule has 22 heavy (non-hydrogen) atoms. The molecule has 0 aromatic heterocycles. The Bertz CT molecular complexity index is 715. The molecule has 2 nitrogen and oxygen atoms in total. The van der Waals surface area contributed by atoms with Gasteiger partial charge in [0.2, 0.25) is 11.4 Å². The van der Waals surface area contributed by atoms with Gasteiger partial charge in [-0.25, -0.2) is 9.69 Å². The topological polar surface area (TPSA) is 8.72 Å². The van der Waals surface area contributed by atoms with Crippen molar-refractivity contribution in [1.82, 2.24) is 0 Å². The van der Waals surface area contributed by atoms with Crippen molar-refractivity contribution in [3.63, 3.8) is 0 Å². The Hall–Kier alpha value is -2.46. The molecule has 0 amide bonds. The number of nitrogens with zero attached hydrogens (tertiary/aromatic N) is 2. The third kappa shape index (κ3) is 5.14. The van der Waals surface area contributed by atoms with Crippen LogP contribution in [0.5, 0.6) is 0 Å². The highest BCUT2D eigenvalue weighted by molar-refractivity contribution is 6.83. The van der Waals surface area contributed by atoms with Gasteiger partial charge in [0.1, 0.15) is 8.07 Å². The smallest absolute Gasteiger partial charge is 0.211 e. The normalized spacial score (nSPS) is 10.4. The molecule has 0 bridgehead atoms. The fraction of sp³-hybridized carbons (Fsp3) is 0.368. The van der Waals surface area contributed by atoms with Crippen LogP contribution in [-0.2, 0) is 0 Å². The van der Waals surface area contributed by atoms with Crippen LogP contribution in [0.3, 0.4) is 0 Å². The molecule has 1 rings (SSSR count). The molecule has 0 heterocycles. The molecule has 0 fully saturated rings. The molecule has 1 aromatic rings. The van der Waals surface area contributed by atoms with Crippen LogP contribution in [0.15, 0.2) is 12.1 Å². The van der Waals surface area contributed by atoms with Crippen molar-refractivity contribution in [2.45, 2.75) is 40.4 Å². The Balaban J connectivity index is 3.51. The SMILES string of the molecule is [C-]#[N+]c1c(C#CC(C)(C)C)ccc(C#C[Si](C)(C)C)c1[N+]#[C-]. The highest BCUT2D eigenvalue weighted by Crippen LogP contribution is 2.35. The van der Waals surface area contributed by atoms with Crippen molar-refractivity contribution in [3.05, 3.63) is 46.1 Å². The van der Waals surface area contributed by atoms with E-state index in [1.54, 1.807) is 6.07 Å². The van der Waals surface area contributed by atoms with E-state index in [2.05, 4.69) is 52.6 Å². The largest absolute Gasteiger partial charge is 0.249 e. The lowest BCUT2D eigenvalue weighted by atomic mass is 9.97. The number of hydrogen-bond acceptors (Lipinski definition) is 0. The fourth-order valence-corrected chi connectivity index (χ4v) is 2.03. The van der Waals surface area contributed by atoms with E-state index in [0.717, 1.165) is 0 Å². The summed E-state index contributed by atoms with van der Waals surface area (Å²) >= 11 is 0. The van der Waals surface area contributed by atoms with Crippen LogP contribution in [0.2, 0.25) is 19.6 Å². The zero-order valence-corrected chi connectivity index (χ0v) is 15.0. The Morgan fingerprint density at radius 2 is 1.36 bits per heavy atom. The maximum Gasteiger partial charge on any atom is 0.211 e. The number of hydrogen-bond donors (Lipinski definition) is 0. The lowest BCUT2D eigenvalue weighted by molar-refractivity contribution is 0.571. The van der Waals surface area contributed by atoms with Gasteiger partial charge in [-0.05, 0) is 20.8 Å². The molecule has 0 aliphatic heterocycles. The maximum atomic E-state index is 7.39. The average molecular weight is 304 g/mol. The van der Waals surface area contributed by atoms with Gasteiger partial charge in [0.25, 0.3) is 0 Å². The predicted molar refractivity (Wildman–Crippen MR) is 95.5 cm³/mol. The van der Waals surface area contributed by atoms with Crippen LogP contribution in [0.1, 0.15) is 31.9 Å². The first-order valence-electron chi connectivity index (χ1n) is 7.06. The van der Waals surface area contributed by atoms with Crippen LogP contribution in [0.25, 0.3) is 9.69 Å². The van der Waals surface area contributed by atoms with Crippen LogP contribution in [0.4, 0.5) is 11.4 Å². The van der Waals surface area contributed by atoms with Crippen molar-refractivity contribution < 1.29 is 0 Å². The van der Waals surface area contributed by atoms with E-state index in [9.17, 15) is 0 Å². The molecule has 1 aromatic carbocycles. The zero-order valence-electron chi connectivity index (χ0n) is 14.0. The highest BCUT2D eigenvalue weighted by atomic mass is 28.3. The second kappa shape index (κ2) is 6.53. The summed E-state index contributed by atoms with van der Waals surface area (Å²) in [7, 11) is -1.53. The molecule has 3 heteroatoms. The van der Waals surface area contributed by atoms with Gasteiger partial charge in [-0.2, -0.15) is 0 Å². The molecule has 0 atom stereocenters. The quantitative estimate of drug-likeness (QED) is 0.344. The minimum Gasteiger partial charge on any atom is -0.249 e. The molecular weight excluding hydrogens is 284 g/mol. The molecule has 0 radical (unpaired) electrons. The number of rotatable bonds is 0. The Morgan fingerprint density at radius 1 is 0.909 bits per heavy atom. The predicted octanol–water partition coefficient (Wildman–Crippen LogP) is 5.41. The van der Waals surface area contributed by atoms with Crippen LogP contribution in [0, 0.1) is 41.9 Å². The molecule has 0 aliphatic rings. The summed E-state index contributed by atoms with van der Waals surface area (Å²) in [6.45, 7) is 27.3. The Morgan fingerprint density at radius 3 is 1.73 bits per heavy atom. The first-order chi connectivity index (χ1) is 10.1. The first kappa shape index (κ1) is 17.6. The minimum absolute atomic E-state index is 0.145. The van der Waals surface area contributed by atoms with Crippen molar-refractivity contribution >= 4 is 19.4 Å². The second-order valence-corrected chi connectivity index (χ2v) is 11.8. The molecule has 0 aliphatic carbocycles. The fourth-order valence-electron chi connectivity index (χ4n) is 1.52. The summed E-state index contributed by atoms with van der Waals surface area (Å²) in [5.41, 5.74) is 4.97. The molecular formula is C19H20N2Si. The Kier molecular flexibility index (Phi) is 5.22. The van der Waals surface area contributed by atoms with Gasteiger partial charge in [-0.1, -0.05) is 49.5 Å². The summed E-state index contributed by atoms with van der Waals surface area (Å²) in [4.78, 5) is 7.05. The molecule has 0 N–H and O–H groups in total. The summed E-state index contributed by atoms with van der Waals surface area (Å²) in [5.74, 6) is 9.23. The highest BCUT2D eigenvalue weighted by Gasteiger charge is 2.14. The monoisotopic (exact) mass is 304 g/mol. The molecule has 110 valence electrons.